The largest absolute Gasteiger partial charge is 0.399 e. The molecule has 4 aromatic rings. The minimum Gasteiger partial charge on any atom is -0.399 e. The summed E-state index contributed by atoms with van der Waals surface area (Å²) in [5.41, 5.74) is 8.67. The Balaban J connectivity index is 0.000000170. The molecule has 29 heavy (non-hydrogen) atoms. The van der Waals surface area contributed by atoms with Crippen molar-refractivity contribution in [2.45, 2.75) is 6.42 Å². The molecule has 2 N–H and O–H groups in total. The summed E-state index contributed by atoms with van der Waals surface area (Å²) in [4.78, 5) is 7.76. The predicted molar refractivity (Wildman–Crippen MR) is 137 cm³/mol. The van der Waals surface area contributed by atoms with Crippen LogP contribution in [0.2, 0.25) is 0 Å². The molecular weight excluding hydrogens is 605 g/mol. The maximum Gasteiger partial charge on any atom is 0.0344 e. The molecule has 0 spiro atoms. The van der Waals surface area contributed by atoms with E-state index in [4.69, 9.17) is 5.73 Å². The second-order valence-electron chi connectivity index (χ2n) is 5.82. The first-order chi connectivity index (χ1) is 14.1. The third kappa shape index (κ3) is 9.51. The van der Waals surface area contributed by atoms with Crippen LogP contribution in [-0.4, -0.2) is 9.97 Å². The smallest absolute Gasteiger partial charge is 0.0344 e. The van der Waals surface area contributed by atoms with Crippen molar-refractivity contribution in [1.82, 2.24) is 9.97 Å². The monoisotopic (exact) mass is 623 g/mol. The summed E-state index contributed by atoms with van der Waals surface area (Å²) < 4.78 is 3.59. The third-order valence-electron chi connectivity index (χ3n) is 3.63. The lowest BCUT2D eigenvalue weighted by molar-refractivity contribution is 1.15. The van der Waals surface area contributed by atoms with Crippen LogP contribution in [-0.2, 0) is 6.42 Å². The summed E-state index contributed by atoms with van der Waals surface area (Å²) in [5, 5.41) is 0. The van der Waals surface area contributed by atoms with Gasteiger partial charge < -0.3 is 5.73 Å². The van der Waals surface area contributed by atoms with Gasteiger partial charge in [0.05, 0.1) is 0 Å². The van der Waals surface area contributed by atoms with Gasteiger partial charge in [0, 0.05) is 43.0 Å². The number of anilines is 1. The van der Waals surface area contributed by atoms with Crippen LogP contribution in [0.4, 0.5) is 5.69 Å². The summed E-state index contributed by atoms with van der Waals surface area (Å²) in [6, 6.07) is 24.0. The molecule has 0 amide bonds. The Labute approximate surface area is 202 Å². The van der Waals surface area contributed by atoms with Crippen LogP contribution in [0.15, 0.2) is 107 Å². The first-order valence-electron chi connectivity index (χ1n) is 8.74. The van der Waals surface area contributed by atoms with Crippen molar-refractivity contribution in [3.05, 3.63) is 121 Å². The Morgan fingerprint density at radius 3 is 1.66 bits per heavy atom. The van der Waals surface area contributed by atoms with E-state index < -0.39 is 0 Å². The number of benzene rings is 2. The summed E-state index contributed by atoms with van der Waals surface area (Å²) in [7, 11) is 0. The van der Waals surface area contributed by atoms with E-state index in [0.717, 1.165) is 16.6 Å². The Hall–Kier alpha value is -1.77. The van der Waals surface area contributed by atoms with Crippen molar-refractivity contribution in [2.24, 2.45) is 0 Å². The van der Waals surface area contributed by atoms with E-state index in [1.165, 1.54) is 19.2 Å². The molecule has 0 saturated carbocycles. The maximum absolute atomic E-state index is 5.32. The average molecular weight is 625 g/mol. The molecule has 0 radical (unpaired) electrons. The van der Waals surface area contributed by atoms with Gasteiger partial charge in [0.25, 0.3) is 0 Å². The van der Waals surface area contributed by atoms with Gasteiger partial charge in [0.2, 0.25) is 0 Å². The molecule has 4 rings (SSSR count). The Morgan fingerprint density at radius 2 is 1.21 bits per heavy atom. The molecule has 2 aromatic carbocycles. The number of nitrogens with zero attached hydrogens (tertiary/aromatic N) is 2. The topological polar surface area (TPSA) is 51.8 Å². The Kier molecular flexibility index (Phi) is 10.9. The van der Waals surface area contributed by atoms with Crippen molar-refractivity contribution in [3.63, 3.8) is 0 Å². The predicted octanol–water partition coefficient (Wildman–Crippen LogP) is 7.15. The van der Waals surface area contributed by atoms with Crippen molar-refractivity contribution < 1.29 is 0 Å². The van der Waals surface area contributed by atoms with Crippen LogP contribution in [0, 0.1) is 3.57 Å². The van der Waals surface area contributed by atoms with E-state index >= 15 is 0 Å². The molecule has 0 bridgehead atoms. The molecule has 0 aliphatic rings. The van der Waals surface area contributed by atoms with Crippen LogP contribution in [0.3, 0.4) is 0 Å². The summed E-state index contributed by atoms with van der Waals surface area (Å²) in [5.74, 6) is 0. The average Bonchev–Trinajstić information content (AvgIpc) is 2.74. The molecule has 3 nitrogen and oxygen atoms in total. The van der Waals surface area contributed by atoms with Gasteiger partial charge in [-0.05, 0) is 98.5 Å². The van der Waals surface area contributed by atoms with E-state index in [9.17, 15) is 0 Å². The van der Waals surface area contributed by atoms with Crippen molar-refractivity contribution in [1.29, 1.82) is 0 Å². The number of rotatable bonds is 2. The Morgan fingerprint density at radius 1 is 0.690 bits per heavy atom. The van der Waals surface area contributed by atoms with E-state index in [-0.39, 0.29) is 0 Å². The van der Waals surface area contributed by atoms with E-state index in [1.54, 1.807) is 24.5 Å². The lowest BCUT2D eigenvalue weighted by Gasteiger charge is -2.03. The molecule has 0 aliphatic carbocycles. The van der Waals surface area contributed by atoms with E-state index in [2.05, 4.69) is 88.7 Å². The number of pyridine rings is 2. The van der Waals surface area contributed by atoms with E-state index in [1.807, 2.05) is 48.8 Å². The number of hydrogen-bond donors (Lipinski definition) is 1. The first kappa shape index (κ1) is 23.5. The summed E-state index contributed by atoms with van der Waals surface area (Å²) >= 11 is 9.20. The van der Waals surface area contributed by atoms with Crippen LogP contribution < -0.4 is 5.73 Å². The highest BCUT2D eigenvalue weighted by Gasteiger charge is 1.99. The molecular formula is C23H20Br2IN3. The molecule has 6 heteroatoms. The zero-order chi connectivity index (χ0) is 20.9. The number of aromatic nitrogens is 2. The SMILES string of the molecule is Brc1ccccc1Cc1ccncc1.Brc1ccccc1I.Nc1ccncc1. The number of nitrogens with two attached hydrogens (primary N) is 1. The second-order valence-corrected chi connectivity index (χ2v) is 8.69. The van der Waals surface area contributed by atoms with Gasteiger partial charge in [-0.25, -0.2) is 0 Å². The van der Waals surface area contributed by atoms with Crippen LogP contribution >= 0.6 is 54.5 Å². The van der Waals surface area contributed by atoms with Crippen molar-refractivity contribution in [2.75, 3.05) is 5.73 Å². The van der Waals surface area contributed by atoms with Crippen LogP contribution in [0.25, 0.3) is 0 Å². The lowest BCUT2D eigenvalue weighted by Crippen LogP contribution is -1.88. The van der Waals surface area contributed by atoms with Gasteiger partial charge in [-0.3, -0.25) is 9.97 Å². The summed E-state index contributed by atoms with van der Waals surface area (Å²) in [6.45, 7) is 0. The van der Waals surface area contributed by atoms with Gasteiger partial charge >= 0.3 is 0 Å². The fraction of sp³-hybridized carbons (Fsp3) is 0.0435. The zero-order valence-electron chi connectivity index (χ0n) is 15.6. The minimum absolute atomic E-state index is 0.759. The highest BCUT2D eigenvalue weighted by atomic mass is 127. The van der Waals surface area contributed by atoms with Crippen molar-refractivity contribution in [3.8, 4) is 0 Å². The second kappa shape index (κ2) is 13.5. The zero-order valence-corrected chi connectivity index (χ0v) is 20.9. The van der Waals surface area contributed by atoms with Gasteiger partial charge in [-0.2, -0.15) is 0 Å². The van der Waals surface area contributed by atoms with Crippen LogP contribution in [0.5, 0.6) is 0 Å². The fourth-order valence-corrected chi connectivity index (χ4v) is 3.26. The van der Waals surface area contributed by atoms with Crippen molar-refractivity contribution >= 4 is 60.1 Å². The highest BCUT2D eigenvalue weighted by molar-refractivity contribution is 14.1. The molecule has 0 saturated heterocycles. The molecule has 2 aromatic heterocycles. The quantitative estimate of drug-likeness (QED) is 0.241. The highest BCUT2D eigenvalue weighted by Crippen LogP contribution is 2.19. The number of nitrogen functional groups attached to an aromatic ring is 1. The maximum atomic E-state index is 5.32. The van der Waals surface area contributed by atoms with Gasteiger partial charge in [0.15, 0.2) is 0 Å². The number of hydrogen-bond acceptors (Lipinski definition) is 3. The molecule has 0 fully saturated rings. The van der Waals surface area contributed by atoms with Gasteiger partial charge in [-0.15, -0.1) is 0 Å². The van der Waals surface area contributed by atoms with Gasteiger partial charge in [0.1, 0.15) is 0 Å². The third-order valence-corrected chi connectivity index (χ3v) is 6.78. The fourth-order valence-electron chi connectivity index (χ4n) is 2.17. The summed E-state index contributed by atoms with van der Waals surface area (Å²) in [6.07, 6.45) is 7.92. The van der Waals surface area contributed by atoms with Crippen LogP contribution in [0.1, 0.15) is 11.1 Å². The molecule has 0 unspecified atom stereocenters. The molecule has 0 aliphatic heterocycles. The molecule has 2 heterocycles. The normalized spacial score (nSPS) is 9.48. The molecule has 148 valence electrons. The first-order valence-corrected chi connectivity index (χ1v) is 11.4. The molecule has 0 atom stereocenters. The van der Waals surface area contributed by atoms with E-state index in [0.29, 0.717) is 0 Å². The number of halogens is 3. The lowest BCUT2D eigenvalue weighted by atomic mass is 10.1. The van der Waals surface area contributed by atoms with Gasteiger partial charge in [-0.1, -0.05) is 46.3 Å². The Bertz CT molecular complexity index is 962. The minimum atomic E-state index is 0.759. The standard InChI is InChI=1S/C12H10BrN.C6H4BrI.C5H6N2/c13-12-4-2-1-3-11(12)9-10-5-7-14-8-6-10;7-5-3-1-2-4-6(5)8;6-5-1-3-7-4-2-5/h1-8H,9H2;1-4H;1-4H,(H2,6,7).